The molecule has 21 heavy (non-hydrogen) atoms. The highest BCUT2D eigenvalue weighted by molar-refractivity contribution is 5.40. The number of nitrogens with one attached hydrogen (secondary N) is 1. The van der Waals surface area contributed by atoms with Gasteiger partial charge in [0.15, 0.2) is 0 Å². The Labute approximate surface area is 126 Å². The van der Waals surface area contributed by atoms with E-state index in [1.165, 1.54) is 22.5 Å². The number of aliphatic hydroxyl groups excluding tert-OH is 1. The second-order valence-electron chi connectivity index (χ2n) is 6.27. The van der Waals surface area contributed by atoms with Crippen LogP contribution in [0.2, 0.25) is 0 Å². The summed E-state index contributed by atoms with van der Waals surface area (Å²) in [6.45, 7) is 4.57. The molecule has 3 heteroatoms. The summed E-state index contributed by atoms with van der Waals surface area (Å²) in [7, 11) is 0. The quantitative estimate of drug-likeness (QED) is 0.784. The van der Waals surface area contributed by atoms with Gasteiger partial charge in [0, 0.05) is 12.0 Å². The van der Waals surface area contributed by atoms with Crippen LogP contribution in [0.1, 0.15) is 25.3 Å². The third kappa shape index (κ3) is 3.04. The lowest BCUT2D eigenvalue weighted by Crippen LogP contribution is -3.08. The van der Waals surface area contributed by atoms with Crippen LogP contribution < -0.4 is 4.90 Å². The molecule has 2 aliphatic rings. The topological polar surface area (TPSA) is 44.9 Å². The van der Waals surface area contributed by atoms with Crippen LogP contribution in [0.3, 0.4) is 0 Å². The molecule has 3 rings (SSSR count). The van der Waals surface area contributed by atoms with E-state index in [0.29, 0.717) is 11.7 Å². The van der Waals surface area contributed by atoms with Gasteiger partial charge >= 0.3 is 0 Å². The van der Waals surface area contributed by atoms with Crippen molar-refractivity contribution >= 4 is 0 Å². The molecule has 0 radical (unpaired) electrons. The number of aromatic hydroxyl groups is 1. The van der Waals surface area contributed by atoms with E-state index >= 15 is 0 Å². The van der Waals surface area contributed by atoms with Gasteiger partial charge in [-0.2, -0.15) is 0 Å². The zero-order valence-electron chi connectivity index (χ0n) is 12.6. The summed E-state index contributed by atoms with van der Waals surface area (Å²) in [4.78, 5) is 1.43. The monoisotopic (exact) mass is 286 g/mol. The van der Waals surface area contributed by atoms with E-state index in [2.05, 4.69) is 13.1 Å². The lowest BCUT2D eigenvalue weighted by Gasteiger charge is -2.24. The van der Waals surface area contributed by atoms with E-state index in [-0.39, 0.29) is 6.61 Å². The molecule has 3 nitrogen and oxygen atoms in total. The van der Waals surface area contributed by atoms with E-state index in [9.17, 15) is 10.2 Å². The number of hydrogen-bond acceptors (Lipinski definition) is 2. The Morgan fingerprint density at radius 1 is 1.24 bits per heavy atom. The molecule has 1 aliphatic carbocycles. The summed E-state index contributed by atoms with van der Waals surface area (Å²) in [5, 5.41) is 18.9. The maximum Gasteiger partial charge on any atom is 0.115 e. The average molecular weight is 286 g/mol. The minimum Gasteiger partial charge on any atom is -0.508 e. The Morgan fingerprint density at radius 3 is 2.71 bits per heavy atom. The highest BCUT2D eigenvalue weighted by atomic mass is 16.3. The maximum atomic E-state index is 9.61. The molecule has 2 atom stereocenters. The smallest absolute Gasteiger partial charge is 0.115 e. The minimum absolute atomic E-state index is 0.161. The lowest BCUT2D eigenvalue weighted by atomic mass is 9.96. The number of benzene rings is 1. The van der Waals surface area contributed by atoms with Crippen molar-refractivity contribution in [3.63, 3.8) is 0 Å². The molecule has 0 saturated carbocycles. The fraction of sp³-hybridized carbons (Fsp3) is 0.444. The van der Waals surface area contributed by atoms with Crippen molar-refractivity contribution in [2.75, 3.05) is 19.7 Å². The van der Waals surface area contributed by atoms with Crippen LogP contribution in [0, 0.1) is 5.92 Å². The molecule has 1 unspecified atom stereocenters. The van der Waals surface area contributed by atoms with Gasteiger partial charge in [-0.1, -0.05) is 19.1 Å². The fourth-order valence-corrected chi connectivity index (χ4v) is 3.54. The van der Waals surface area contributed by atoms with Gasteiger partial charge in [-0.15, -0.1) is 0 Å². The van der Waals surface area contributed by atoms with Crippen LogP contribution in [-0.2, 0) is 6.42 Å². The van der Waals surface area contributed by atoms with Crippen molar-refractivity contribution in [3.05, 3.63) is 52.7 Å². The van der Waals surface area contributed by atoms with Gasteiger partial charge < -0.3 is 15.1 Å². The van der Waals surface area contributed by atoms with Crippen molar-refractivity contribution in [2.24, 2.45) is 5.92 Å². The summed E-state index contributed by atoms with van der Waals surface area (Å²) < 4.78 is 0. The molecule has 0 amide bonds. The van der Waals surface area contributed by atoms with Crippen molar-refractivity contribution in [1.82, 2.24) is 0 Å². The van der Waals surface area contributed by atoms with Gasteiger partial charge in [-0.05, 0) is 47.6 Å². The van der Waals surface area contributed by atoms with Gasteiger partial charge in [0.1, 0.15) is 18.5 Å². The Hall–Kier alpha value is -1.58. The lowest BCUT2D eigenvalue weighted by molar-refractivity contribution is -0.843. The van der Waals surface area contributed by atoms with E-state index < -0.39 is 0 Å². The fourth-order valence-electron chi connectivity index (χ4n) is 3.54. The van der Waals surface area contributed by atoms with Gasteiger partial charge in [-0.25, -0.2) is 0 Å². The van der Waals surface area contributed by atoms with Crippen LogP contribution >= 0.6 is 0 Å². The predicted molar refractivity (Wildman–Crippen MR) is 83.1 cm³/mol. The van der Waals surface area contributed by atoms with E-state index in [0.717, 1.165) is 31.5 Å². The highest BCUT2D eigenvalue weighted by Crippen LogP contribution is 2.35. The molecule has 1 heterocycles. The van der Waals surface area contributed by atoms with Crippen molar-refractivity contribution < 1.29 is 15.1 Å². The van der Waals surface area contributed by atoms with E-state index in [4.69, 9.17) is 0 Å². The summed E-state index contributed by atoms with van der Waals surface area (Å²) in [6, 6.07) is 7.46. The van der Waals surface area contributed by atoms with E-state index in [1.54, 1.807) is 17.7 Å². The minimum atomic E-state index is 0.161. The van der Waals surface area contributed by atoms with Gasteiger partial charge in [0.2, 0.25) is 0 Å². The molecule has 112 valence electrons. The van der Waals surface area contributed by atoms with Crippen molar-refractivity contribution in [2.45, 2.75) is 26.2 Å². The summed E-state index contributed by atoms with van der Waals surface area (Å²) in [6.07, 6.45) is 5.57. The zero-order valence-corrected chi connectivity index (χ0v) is 12.6. The first-order chi connectivity index (χ1) is 10.2. The SMILES string of the molecule is C[C@H]1CCC2=C1C[NH+](CCc1ccc(O)cc1)C=C2CO. The number of quaternary nitrogens is 1. The number of phenols is 1. The van der Waals surface area contributed by atoms with Gasteiger partial charge in [0.05, 0.1) is 13.2 Å². The molecule has 1 aliphatic heterocycles. The molecular formula is C18H24NO2+. The third-order valence-corrected chi connectivity index (χ3v) is 4.83. The molecule has 0 fully saturated rings. The van der Waals surface area contributed by atoms with Crippen molar-refractivity contribution in [3.8, 4) is 5.75 Å². The first-order valence-electron chi connectivity index (χ1n) is 7.83. The van der Waals surface area contributed by atoms with E-state index in [1.807, 2.05) is 12.1 Å². The zero-order chi connectivity index (χ0) is 14.8. The second-order valence-corrected chi connectivity index (χ2v) is 6.27. The van der Waals surface area contributed by atoms with Crippen LogP contribution in [-0.4, -0.2) is 29.9 Å². The first kappa shape index (κ1) is 14.4. The summed E-state index contributed by atoms with van der Waals surface area (Å²) >= 11 is 0. The molecule has 0 aromatic heterocycles. The maximum absolute atomic E-state index is 9.61. The first-order valence-corrected chi connectivity index (χ1v) is 7.83. The number of aliphatic hydroxyl groups is 1. The highest BCUT2D eigenvalue weighted by Gasteiger charge is 2.30. The Kier molecular flexibility index (Phi) is 4.13. The van der Waals surface area contributed by atoms with Crippen LogP contribution in [0.5, 0.6) is 5.75 Å². The molecule has 1 aromatic rings. The molecule has 0 bridgehead atoms. The normalized spacial score (nSPS) is 25.0. The number of hydrogen-bond donors (Lipinski definition) is 3. The van der Waals surface area contributed by atoms with Crippen LogP contribution in [0.15, 0.2) is 47.2 Å². The molecule has 1 aromatic carbocycles. The Morgan fingerprint density at radius 2 is 2.00 bits per heavy atom. The number of phenolic OH excluding ortho intramolecular Hbond substituents is 1. The van der Waals surface area contributed by atoms with Crippen LogP contribution in [0.25, 0.3) is 0 Å². The molecule has 3 N–H and O–H groups in total. The second kappa shape index (κ2) is 6.04. The molecule has 0 saturated heterocycles. The molecule has 0 spiro atoms. The summed E-state index contributed by atoms with van der Waals surface area (Å²) in [5.74, 6) is 0.986. The average Bonchev–Trinajstić information content (AvgIpc) is 2.87. The van der Waals surface area contributed by atoms with Gasteiger partial charge in [-0.3, -0.25) is 0 Å². The predicted octanol–water partition coefficient (Wildman–Crippen LogP) is 1.44. The summed E-state index contributed by atoms with van der Waals surface area (Å²) in [5.41, 5.74) is 5.38. The third-order valence-electron chi connectivity index (χ3n) is 4.83. The van der Waals surface area contributed by atoms with Crippen molar-refractivity contribution in [1.29, 1.82) is 0 Å². The largest absolute Gasteiger partial charge is 0.508 e. The standard InChI is InChI=1S/C18H23NO2/c1-13-2-7-17-15(12-20)10-19(11-18(13)17)9-8-14-3-5-16(21)6-4-14/h3-6,10,13,20-21H,2,7-9,11-12H2,1H3/p+1/t13-/m0/s1. The van der Waals surface area contributed by atoms with Crippen LogP contribution in [0.4, 0.5) is 0 Å². The Balaban J connectivity index is 1.67. The van der Waals surface area contributed by atoms with Gasteiger partial charge in [0.25, 0.3) is 0 Å². The Bertz CT molecular complexity index is 571. The number of rotatable bonds is 4. The molecular weight excluding hydrogens is 262 g/mol.